The lowest BCUT2D eigenvalue weighted by molar-refractivity contribution is -0.147. The molecule has 102 valence electrons. The number of unbranched alkanes of at least 4 members (excludes halogenated alkanes) is 3. The molecule has 0 aromatic rings. The first-order chi connectivity index (χ1) is 8.00. The molecule has 0 heterocycles. The Bertz CT molecular complexity index is 215. The van der Waals surface area contributed by atoms with E-state index in [0.717, 1.165) is 12.8 Å². The van der Waals surface area contributed by atoms with E-state index >= 15 is 0 Å². The lowest BCUT2D eigenvalue weighted by Crippen LogP contribution is -2.39. The van der Waals surface area contributed by atoms with Crippen molar-refractivity contribution in [1.82, 2.24) is 0 Å². The second-order valence-electron chi connectivity index (χ2n) is 4.72. The van der Waals surface area contributed by atoms with E-state index in [9.17, 15) is 4.79 Å². The Balaban J connectivity index is 4.02. The van der Waals surface area contributed by atoms with Gasteiger partial charge < -0.3 is 13.6 Å². The quantitative estimate of drug-likeness (QED) is 0.364. The van der Waals surface area contributed by atoms with E-state index < -0.39 is 14.3 Å². The number of esters is 1. The van der Waals surface area contributed by atoms with Crippen molar-refractivity contribution in [2.45, 2.75) is 51.5 Å². The highest BCUT2D eigenvalue weighted by atomic mass is 28.3. The van der Waals surface area contributed by atoms with Crippen molar-refractivity contribution < 1.29 is 18.4 Å². The molecule has 0 aliphatic carbocycles. The van der Waals surface area contributed by atoms with Crippen LogP contribution in [0.1, 0.15) is 46.5 Å². The second kappa shape index (κ2) is 8.66. The summed E-state index contributed by atoms with van der Waals surface area (Å²) in [6.45, 7) is 6.30. The zero-order valence-corrected chi connectivity index (χ0v) is 12.9. The first-order valence-corrected chi connectivity index (χ1v) is 7.75. The molecule has 0 rings (SSSR count). The Kier molecular flexibility index (Phi) is 8.46. The van der Waals surface area contributed by atoms with Crippen LogP contribution in [0.25, 0.3) is 0 Å². The van der Waals surface area contributed by atoms with E-state index in [4.69, 9.17) is 13.6 Å². The Labute approximate surface area is 106 Å². The molecule has 0 spiro atoms. The molecule has 0 aliphatic heterocycles. The first kappa shape index (κ1) is 16.6. The fourth-order valence-electron chi connectivity index (χ4n) is 1.66. The van der Waals surface area contributed by atoms with Crippen molar-refractivity contribution in [2.24, 2.45) is 0 Å². The zero-order valence-electron chi connectivity index (χ0n) is 11.7. The van der Waals surface area contributed by atoms with Crippen LogP contribution in [0.2, 0.25) is 5.04 Å². The largest absolute Gasteiger partial charge is 0.465 e. The van der Waals surface area contributed by atoms with Gasteiger partial charge in [-0.25, -0.2) is 0 Å². The molecule has 0 bridgehead atoms. The first-order valence-electron chi connectivity index (χ1n) is 6.23. The second-order valence-corrected chi connectivity index (χ2v) is 7.77. The minimum Gasteiger partial charge on any atom is -0.465 e. The van der Waals surface area contributed by atoms with Crippen LogP contribution >= 0.6 is 0 Å². The number of rotatable bonds is 9. The van der Waals surface area contributed by atoms with Crippen molar-refractivity contribution in [3.63, 3.8) is 0 Å². The van der Waals surface area contributed by atoms with Crippen LogP contribution in [0.3, 0.4) is 0 Å². The van der Waals surface area contributed by atoms with Gasteiger partial charge in [-0.05, 0) is 20.3 Å². The van der Waals surface area contributed by atoms with E-state index in [2.05, 4.69) is 6.92 Å². The van der Waals surface area contributed by atoms with Crippen LogP contribution in [0, 0.1) is 0 Å². The molecule has 0 saturated heterocycles. The van der Waals surface area contributed by atoms with Gasteiger partial charge in [0.25, 0.3) is 0 Å². The predicted octanol–water partition coefficient (Wildman–Crippen LogP) is 2.40. The van der Waals surface area contributed by atoms with E-state index in [1.165, 1.54) is 12.8 Å². The van der Waals surface area contributed by atoms with E-state index in [1.54, 1.807) is 14.2 Å². The molecular weight excluding hydrogens is 236 g/mol. The smallest absolute Gasteiger partial charge is 0.338 e. The SMILES string of the molecule is CCCCCCOC(=O)C(C)(C)[SiH](OC)OC. The molecule has 17 heavy (non-hydrogen) atoms. The van der Waals surface area contributed by atoms with E-state index in [-0.39, 0.29) is 5.97 Å². The molecule has 5 heteroatoms. The molecule has 0 aromatic carbocycles. The normalized spacial score (nSPS) is 11.9. The molecule has 0 unspecified atom stereocenters. The summed E-state index contributed by atoms with van der Waals surface area (Å²) in [5, 5.41) is -0.645. The van der Waals surface area contributed by atoms with Crippen LogP contribution in [-0.4, -0.2) is 36.1 Å². The summed E-state index contributed by atoms with van der Waals surface area (Å²) in [5.74, 6) is -0.214. The van der Waals surface area contributed by atoms with Crippen molar-refractivity contribution in [3.8, 4) is 0 Å². The fraction of sp³-hybridized carbons (Fsp3) is 0.917. The van der Waals surface area contributed by atoms with Gasteiger partial charge in [0.15, 0.2) is 0 Å². The molecule has 0 atom stereocenters. The number of ether oxygens (including phenoxy) is 1. The number of carbonyl (C=O) groups is 1. The molecule has 0 N–H and O–H groups in total. The topological polar surface area (TPSA) is 44.8 Å². The average Bonchev–Trinajstić information content (AvgIpc) is 2.29. The summed E-state index contributed by atoms with van der Waals surface area (Å²) >= 11 is 0. The zero-order chi connectivity index (χ0) is 13.3. The van der Waals surface area contributed by atoms with Crippen LogP contribution in [0.15, 0.2) is 0 Å². The molecule has 0 aromatic heterocycles. The van der Waals surface area contributed by atoms with Gasteiger partial charge in [0.2, 0.25) is 0 Å². The van der Waals surface area contributed by atoms with Crippen molar-refractivity contribution in [2.75, 3.05) is 20.8 Å². The summed E-state index contributed by atoms with van der Waals surface area (Å²) in [6, 6.07) is 0. The molecule has 0 radical (unpaired) electrons. The van der Waals surface area contributed by atoms with Gasteiger partial charge in [-0.3, -0.25) is 4.79 Å². The Morgan fingerprint density at radius 1 is 1.12 bits per heavy atom. The highest BCUT2D eigenvalue weighted by Gasteiger charge is 2.41. The Morgan fingerprint density at radius 3 is 2.18 bits per heavy atom. The molecule has 0 saturated carbocycles. The lowest BCUT2D eigenvalue weighted by atomic mass is 10.2. The third kappa shape index (κ3) is 5.65. The van der Waals surface area contributed by atoms with Gasteiger partial charge in [0, 0.05) is 14.2 Å². The van der Waals surface area contributed by atoms with Crippen LogP contribution in [0.5, 0.6) is 0 Å². The van der Waals surface area contributed by atoms with Gasteiger partial charge in [0.1, 0.15) is 5.04 Å². The monoisotopic (exact) mass is 262 g/mol. The van der Waals surface area contributed by atoms with Gasteiger partial charge in [-0.1, -0.05) is 26.2 Å². The summed E-state index contributed by atoms with van der Waals surface area (Å²) in [4.78, 5) is 11.9. The van der Waals surface area contributed by atoms with E-state index in [1.807, 2.05) is 13.8 Å². The highest BCUT2D eigenvalue weighted by Crippen LogP contribution is 2.30. The third-order valence-electron chi connectivity index (χ3n) is 2.77. The van der Waals surface area contributed by atoms with Crippen molar-refractivity contribution in [1.29, 1.82) is 0 Å². The average molecular weight is 262 g/mol. The maximum atomic E-state index is 11.9. The third-order valence-corrected chi connectivity index (χ3v) is 5.05. The summed E-state index contributed by atoms with van der Waals surface area (Å²) in [6.07, 6.45) is 4.41. The maximum Gasteiger partial charge on any atom is 0.338 e. The number of hydrogen-bond donors (Lipinski definition) is 0. The maximum absolute atomic E-state index is 11.9. The fourth-order valence-corrected chi connectivity index (χ4v) is 3.31. The Morgan fingerprint density at radius 2 is 1.71 bits per heavy atom. The number of hydrogen-bond acceptors (Lipinski definition) is 4. The Hall–Kier alpha value is -0.393. The summed E-state index contributed by atoms with van der Waals surface area (Å²) in [5.41, 5.74) is 0. The van der Waals surface area contributed by atoms with Crippen LogP contribution in [-0.2, 0) is 18.4 Å². The van der Waals surface area contributed by atoms with Gasteiger partial charge in [-0.15, -0.1) is 0 Å². The lowest BCUT2D eigenvalue weighted by Gasteiger charge is -2.27. The van der Waals surface area contributed by atoms with Gasteiger partial charge >= 0.3 is 15.3 Å². The summed E-state index contributed by atoms with van der Waals surface area (Å²) < 4.78 is 15.8. The molecule has 0 amide bonds. The van der Waals surface area contributed by atoms with Crippen LogP contribution < -0.4 is 0 Å². The molecule has 0 aliphatic rings. The minimum atomic E-state index is -2.00. The van der Waals surface area contributed by atoms with Crippen molar-refractivity contribution >= 4 is 15.3 Å². The van der Waals surface area contributed by atoms with Gasteiger partial charge in [-0.2, -0.15) is 0 Å². The minimum absolute atomic E-state index is 0.214. The molecule has 4 nitrogen and oxygen atoms in total. The predicted molar refractivity (Wildman–Crippen MR) is 70.3 cm³/mol. The van der Waals surface area contributed by atoms with E-state index in [0.29, 0.717) is 6.61 Å². The highest BCUT2D eigenvalue weighted by molar-refractivity contribution is 6.53. The summed E-state index contributed by atoms with van der Waals surface area (Å²) in [7, 11) is 1.16. The van der Waals surface area contributed by atoms with Crippen LogP contribution in [0.4, 0.5) is 0 Å². The molecular formula is C12H26O4Si. The van der Waals surface area contributed by atoms with Gasteiger partial charge in [0.05, 0.1) is 6.61 Å². The molecule has 0 fully saturated rings. The number of carbonyl (C=O) groups excluding carboxylic acids is 1. The standard InChI is InChI=1S/C12H26O4Si/c1-6-7-8-9-10-16-11(13)12(2,3)17(14-4)15-5/h17H,6-10H2,1-5H3. The van der Waals surface area contributed by atoms with Crippen molar-refractivity contribution in [3.05, 3.63) is 0 Å².